The zero-order valence-corrected chi connectivity index (χ0v) is 10.5. The number of benzene rings is 1. The molecule has 1 unspecified atom stereocenters. The molecule has 0 heterocycles. The predicted molar refractivity (Wildman–Crippen MR) is 66.3 cm³/mol. The first-order chi connectivity index (χ1) is 7.72. The largest absolute Gasteiger partial charge is 0.492 e. The number of methoxy groups -OCH3 is 1. The van der Waals surface area contributed by atoms with E-state index in [1.165, 1.54) is 0 Å². The molecule has 0 saturated carbocycles. The molecule has 0 saturated heterocycles. The quantitative estimate of drug-likeness (QED) is 0.746. The lowest BCUT2D eigenvalue weighted by molar-refractivity contribution is 0.169. The van der Waals surface area contributed by atoms with E-state index in [4.69, 9.17) is 21.1 Å². The van der Waals surface area contributed by atoms with E-state index in [1.54, 1.807) is 7.11 Å². The maximum atomic E-state index is 5.77. The molecular weight excluding hydrogens is 226 g/mol. The highest BCUT2D eigenvalue weighted by Gasteiger charge is 1.99. The van der Waals surface area contributed by atoms with Crippen LogP contribution in [0.3, 0.4) is 0 Å². The topological polar surface area (TPSA) is 30.5 Å². The fraction of sp³-hybridized carbons (Fsp3) is 0.500. The Kier molecular flexibility index (Phi) is 6.23. The van der Waals surface area contributed by atoms with Gasteiger partial charge in [-0.15, -0.1) is 0 Å². The van der Waals surface area contributed by atoms with Gasteiger partial charge in [0.2, 0.25) is 0 Å². The van der Waals surface area contributed by atoms with E-state index in [0.717, 1.165) is 17.3 Å². The Hall–Kier alpha value is -0.770. The van der Waals surface area contributed by atoms with Gasteiger partial charge in [0.15, 0.2) is 0 Å². The van der Waals surface area contributed by atoms with E-state index in [9.17, 15) is 0 Å². The number of hydrogen-bond donors (Lipinski definition) is 1. The fourth-order valence-electron chi connectivity index (χ4n) is 1.31. The molecule has 1 atom stereocenters. The predicted octanol–water partition coefficient (Wildman–Crippen LogP) is 2.34. The molecule has 3 nitrogen and oxygen atoms in total. The van der Waals surface area contributed by atoms with Crippen LogP contribution in [0.5, 0.6) is 5.75 Å². The van der Waals surface area contributed by atoms with Crippen molar-refractivity contribution in [2.75, 3.05) is 26.9 Å². The lowest BCUT2D eigenvalue weighted by Crippen LogP contribution is -2.33. The number of halogens is 1. The van der Waals surface area contributed by atoms with Crippen molar-refractivity contribution in [2.45, 2.75) is 13.0 Å². The molecule has 1 rings (SSSR count). The molecule has 0 aliphatic carbocycles. The first kappa shape index (κ1) is 13.3. The van der Waals surface area contributed by atoms with Crippen molar-refractivity contribution in [3.8, 4) is 5.75 Å². The minimum atomic E-state index is 0.346. The Morgan fingerprint density at radius 3 is 2.62 bits per heavy atom. The third-order valence-electron chi connectivity index (χ3n) is 2.09. The average Bonchev–Trinajstić information content (AvgIpc) is 2.27. The van der Waals surface area contributed by atoms with Crippen LogP contribution in [0.4, 0.5) is 0 Å². The molecule has 0 radical (unpaired) electrons. The lowest BCUT2D eigenvalue weighted by atomic mass is 10.3. The second-order valence-electron chi connectivity index (χ2n) is 3.61. The summed E-state index contributed by atoms with van der Waals surface area (Å²) in [6.45, 7) is 4.22. The summed E-state index contributed by atoms with van der Waals surface area (Å²) in [6, 6.07) is 7.70. The van der Waals surface area contributed by atoms with Gasteiger partial charge < -0.3 is 14.8 Å². The third-order valence-corrected chi connectivity index (χ3v) is 2.35. The molecule has 0 aliphatic rings. The Labute approximate surface area is 102 Å². The molecule has 0 amide bonds. The van der Waals surface area contributed by atoms with Gasteiger partial charge in [-0.2, -0.15) is 0 Å². The van der Waals surface area contributed by atoms with E-state index >= 15 is 0 Å². The number of rotatable bonds is 7. The Morgan fingerprint density at radius 1 is 1.31 bits per heavy atom. The van der Waals surface area contributed by atoms with Crippen molar-refractivity contribution in [1.29, 1.82) is 0 Å². The van der Waals surface area contributed by atoms with Crippen LogP contribution in [-0.4, -0.2) is 32.9 Å². The Bertz CT molecular complexity index is 290. The lowest BCUT2D eigenvalue weighted by Gasteiger charge is -2.13. The third kappa shape index (κ3) is 5.35. The summed E-state index contributed by atoms with van der Waals surface area (Å²) < 4.78 is 10.5. The van der Waals surface area contributed by atoms with E-state index in [0.29, 0.717) is 19.3 Å². The minimum Gasteiger partial charge on any atom is -0.492 e. The summed E-state index contributed by atoms with van der Waals surface area (Å²) in [4.78, 5) is 0. The molecule has 0 spiro atoms. The molecule has 4 heteroatoms. The van der Waals surface area contributed by atoms with Gasteiger partial charge in [0.1, 0.15) is 12.4 Å². The zero-order chi connectivity index (χ0) is 11.8. The molecular formula is C12H18ClNO2. The molecule has 0 aliphatic heterocycles. The summed E-state index contributed by atoms with van der Waals surface area (Å²) in [6.07, 6.45) is 0. The van der Waals surface area contributed by atoms with E-state index < -0.39 is 0 Å². The normalized spacial score (nSPS) is 12.4. The van der Waals surface area contributed by atoms with Crippen molar-refractivity contribution < 1.29 is 9.47 Å². The molecule has 0 bridgehead atoms. The summed E-state index contributed by atoms with van der Waals surface area (Å²) in [5.41, 5.74) is 0. The summed E-state index contributed by atoms with van der Waals surface area (Å²) in [7, 11) is 1.70. The van der Waals surface area contributed by atoms with Gasteiger partial charge in [-0.05, 0) is 31.2 Å². The van der Waals surface area contributed by atoms with Gasteiger partial charge >= 0.3 is 0 Å². The van der Waals surface area contributed by atoms with Gasteiger partial charge in [-0.3, -0.25) is 0 Å². The van der Waals surface area contributed by atoms with Crippen molar-refractivity contribution >= 4 is 11.6 Å². The maximum absolute atomic E-state index is 5.77. The van der Waals surface area contributed by atoms with Crippen LogP contribution in [0.15, 0.2) is 24.3 Å². The standard InChI is InChI=1S/C12H18ClNO2/c1-10(9-15-2)14-7-8-16-12-5-3-11(13)4-6-12/h3-6,10,14H,7-9H2,1-2H3. The maximum Gasteiger partial charge on any atom is 0.119 e. The van der Waals surface area contributed by atoms with Crippen molar-refractivity contribution in [3.05, 3.63) is 29.3 Å². The second kappa shape index (κ2) is 7.49. The van der Waals surface area contributed by atoms with Gasteiger partial charge in [-0.25, -0.2) is 0 Å². The molecule has 1 aromatic rings. The summed E-state index contributed by atoms with van der Waals surface area (Å²) >= 11 is 5.77. The summed E-state index contributed by atoms with van der Waals surface area (Å²) in [5, 5.41) is 4.01. The van der Waals surface area contributed by atoms with Crippen LogP contribution in [0.2, 0.25) is 5.02 Å². The van der Waals surface area contributed by atoms with Crippen LogP contribution >= 0.6 is 11.6 Å². The highest BCUT2D eigenvalue weighted by molar-refractivity contribution is 6.30. The van der Waals surface area contributed by atoms with Crippen LogP contribution < -0.4 is 10.1 Å². The summed E-state index contributed by atoms with van der Waals surface area (Å²) in [5.74, 6) is 0.839. The van der Waals surface area contributed by atoms with E-state index in [2.05, 4.69) is 12.2 Å². The monoisotopic (exact) mass is 243 g/mol. The minimum absolute atomic E-state index is 0.346. The van der Waals surface area contributed by atoms with Gasteiger partial charge in [0.05, 0.1) is 6.61 Å². The van der Waals surface area contributed by atoms with Crippen molar-refractivity contribution in [3.63, 3.8) is 0 Å². The Morgan fingerprint density at radius 2 is 2.00 bits per heavy atom. The number of hydrogen-bond acceptors (Lipinski definition) is 3. The molecule has 1 N–H and O–H groups in total. The van der Waals surface area contributed by atoms with Gasteiger partial charge in [-0.1, -0.05) is 11.6 Å². The van der Waals surface area contributed by atoms with Crippen molar-refractivity contribution in [2.24, 2.45) is 0 Å². The first-order valence-corrected chi connectivity index (χ1v) is 5.71. The first-order valence-electron chi connectivity index (χ1n) is 5.33. The molecule has 16 heavy (non-hydrogen) atoms. The molecule has 1 aromatic carbocycles. The zero-order valence-electron chi connectivity index (χ0n) is 9.70. The number of ether oxygens (including phenoxy) is 2. The Balaban J connectivity index is 2.13. The number of nitrogens with one attached hydrogen (secondary N) is 1. The van der Waals surface area contributed by atoms with Crippen LogP contribution in [0.25, 0.3) is 0 Å². The van der Waals surface area contributed by atoms with Crippen LogP contribution in [0.1, 0.15) is 6.92 Å². The average molecular weight is 244 g/mol. The van der Waals surface area contributed by atoms with E-state index in [-0.39, 0.29) is 0 Å². The van der Waals surface area contributed by atoms with Crippen LogP contribution in [0, 0.1) is 0 Å². The van der Waals surface area contributed by atoms with E-state index in [1.807, 2.05) is 24.3 Å². The SMILES string of the molecule is COCC(C)NCCOc1ccc(Cl)cc1. The van der Waals surface area contributed by atoms with Crippen LogP contribution in [-0.2, 0) is 4.74 Å². The smallest absolute Gasteiger partial charge is 0.119 e. The highest BCUT2D eigenvalue weighted by atomic mass is 35.5. The van der Waals surface area contributed by atoms with Gasteiger partial charge in [0, 0.05) is 24.7 Å². The highest BCUT2D eigenvalue weighted by Crippen LogP contribution is 2.14. The van der Waals surface area contributed by atoms with Gasteiger partial charge in [0.25, 0.3) is 0 Å². The fourth-order valence-corrected chi connectivity index (χ4v) is 1.44. The molecule has 0 fully saturated rings. The molecule has 90 valence electrons. The van der Waals surface area contributed by atoms with Crippen molar-refractivity contribution in [1.82, 2.24) is 5.32 Å². The second-order valence-corrected chi connectivity index (χ2v) is 4.05. The molecule has 0 aromatic heterocycles.